The Bertz CT molecular complexity index is 617. The van der Waals surface area contributed by atoms with E-state index in [4.69, 9.17) is 5.73 Å². The highest BCUT2D eigenvalue weighted by molar-refractivity contribution is 7.98. The maximum absolute atomic E-state index is 12.6. The van der Waals surface area contributed by atoms with Crippen LogP contribution in [0.1, 0.15) is 23.7 Å². The van der Waals surface area contributed by atoms with E-state index in [0.29, 0.717) is 6.42 Å². The number of carboxylic acid groups (broad SMARTS) is 1. The van der Waals surface area contributed by atoms with Gasteiger partial charge in [-0.3, -0.25) is 0 Å². The van der Waals surface area contributed by atoms with E-state index in [1.165, 1.54) is 23.5 Å². The molecule has 0 aliphatic carbocycles. The second-order valence-electron chi connectivity index (χ2n) is 4.71. The first-order valence-electron chi connectivity index (χ1n) is 6.31. The molecule has 1 aromatic carbocycles. The van der Waals surface area contributed by atoms with Crippen molar-refractivity contribution in [2.24, 2.45) is 0 Å². The molecule has 1 rings (SSSR count). The zero-order chi connectivity index (χ0) is 16.2. The van der Waals surface area contributed by atoms with Crippen molar-refractivity contribution >= 4 is 33.4 Å². The van der Waals surface area contributed by atoms with Gasteiger partial charge in [-0.05, 0) is 43.6 Å². The van der Waals surface area contributed by atoms with Crippen LogP contribution in [0.3, 0.4) is 0 Å². The molecular formula is C13H20N2O4S2. The minimum atomic E-state index is -3.87. The molecule has 0 aliphatic rings. The summed E-state index contributed by atoms with van der Waals surface area (Å²) in [5, 5.41) is 9.17. The van der Waals surface area contributed by atoms with E-state index in [0.717, 1.165) is 11.8 Å². The van der Waals surface area contributed by atoms with Crippen LogP contribution in [0.2, 0.25) is 0 Å². The van der Waals surface area contributed by atoms with Crippen LogP contribution in [-0.4, -0.2) is 48.9 Å². The summed E-state index contributed by atoms with van der Waals surface area (Å²) in [5.74, 6) is -0.486. The van der Waals surface area contributed by atoms with Crippen LogP contribution < -0.4 is 5.73 Å². The number of nitrogens with two attached hydrogens (primary N) is 1. The first-order valence-corrected chi connectivity index (χ1v) is 9.15. The van der Waals surface area contributed by atoms with Crippen LogP contribution in [0.15, 0.2) is 23.1 Å². The lowest BCUT2D eigenvalue weighted by atomic mass is 10.2. The normalized spacial score (nSPS) is 13.3. The summed E-state index contributed by atoms with van der Waals surface area (Å²) >= 11 is 1.63. The number of hydrogen-bond acceptors (Lipinski definition) is 5. The van der Waals surface area contributed by atoms with Crippen LogP contribution in [0, 0.1) is 0 Å². The number of hydrogen-bond donors (Lipinski definition) is 2. The molecule has 1 unspecified atom stereocenters. The maximum Gasteiger partial charge on any atom is 0.337 e. The van der Waals surface area contributed by atoms with Gasteiger partial charge in [0.05, 0.1) is 10.5 Å². The summed E-state index contributed by atoms with van der Waals surface area (Å²) in [4.78, 5) is 11.0. The fourth-order valence-electron chi connectivity index (χ4n) is 1.80. The topological polar surface area (TPSA) is 101 Å². The molecule has 118 valence electrons. The van der Waals surface area contributed by atoms with Crippen molar-refractivity contribution in [2.45, 2.75) is 24.3 Å². The Balaban J connectivity index is 3.22. The highest BCUT2D eigenvalue weighted by atomic mass is 32.2. The van der Waals surface area contributed by atoms with Gasteiger partial charge in [-0.15, -0.1) is 0 Å². The zero-order valence-corrected chi connectivity index (χ0v) is 13.9. The zero-order valence-electron chi connectivity index (χ0n) is 12.2. The fraction of sp³-hybridized carbons (Fsp3) is 0.462. The Hall–Kier alpha value is -1.25. The van der Waals surface area contributed by atoms with E-state index >= 15 is 0 Å². The molecule has 21 heavy (non-hydrogen) atoms. The lowest BCUT2D eigenvalue weighted by Gasteiger charge is -2.24. The quantitative estimate of drug-likeness (QED) is 0.738. The van der Waals surface area contributed by atoms with Gasteiger partial charge in [0.25, 0.3) is 0 Å². The number of carbonyl (C=O) groups is 1. The SMILES string of the molecule is CSCCC(C)N(C)S(=O)(=O)c1ccc(N)cc1C(=O)O. The summed E-state index contributed by atoms with van der Waals surface area (Å²) in [7, 11) is -2.41. The Morgan fingerprint density at radius 3 is 2.62 bits per heavy atom. The molecular weight excluding hydrogens is 312 g/mol. The molecule has 6 nitrogen and oxygen atoms in total. The van der Waals surface area contributed by atoms with Gasteiger partial charge >= 0.3 is 5.97 Å². The fourth-order valence-corrected chi connectivity index (χ4v) is 3.93. The Kier molecular flexibility index (Phi) is 6.06. The number of benzene rings is 1. The summed E-state index contributed by atoms with van der Waals surface area (Å²) in [6.45, 7) is 1.80. The molecule has 3 N–H and O–H groups in total. The number of rotatable bonds is 7. The van der Waals surface area contributed by atoms with Gasteiger partial charge in [0, 0.05) is 18.8 Å². The summed E-state index contributed by atoms with van der Waals surface area (Å²) < 4.78 is 26.4. The molecule has 1 atom stereocenters. The van der Waals surface area contributed by atoms with Crippen LogP contribution in [0.5, 0.6) is 0 Å². The van der Waals surface area contributed by atoms with Gasteiger partial charge in [-0.1, -0.05) is 0 Å². The first-order chi connectivity index (χ1) is 9.71. The molecule has 1 aromatic rings. The van der Waals surface area contributed by atoms with E-state index in [2.05, 4.69) is 0 Å². The predicted octanol–water partition coefficient (Wildman–Crippen LogP) is 1.73. The maximum atomic E-state index is 12.6. The van der Waals surface area contributed by atoms with Crippen molar-refractivity contribution in [3.63, 3.8) is 0 Å². The summed E-state index contributed by atoms with van der Waals surface area (Å²) in [6, 6.07) is 3.57. The second kappa shape index (κ2) is 7.15. The first kappa shape index (κ1) is 17.8. The number of nitrogens with zero attached hydrogens (tertiary/aromatic N) is 1. The molecule has 0 fully saturated rings. The van der Waals surface area contributed by atoms with Crippen molar-refractivity contribution in [1.82, 2.24) is 4.31 Å². The second-order valence-corrected chi connectivity index (χ2v) is 7.66. The summed E-state index contributed by atoms with van der Waals surface area (Å²) in [5.41, 5.74) is 5.44. The minimum absolute atomic E-state index is 0.212. The van der Waals surface area contributed by atoms with E-state index < -0.39 is 16.0 Å². The molecule has 0 aliphatic heterocycles. The van der Waals surface area contributed by atoms with Crippen molar-refractivity contribution in [3.8, 4) is 0 Å². The lowest BCUT2D eigenvalue weighted by Crippen LogP contribution is -2.36. The van der Waals surface area contributed by atoms with Gasteiger partial charge in [-0.2, -0.15) is 16.1 Å². The number of carboxylic acids is 1. The van der Waals surface area contributed by atoms with Gasteiger partial charge in [0.1, 0.15) is 0 Å². The Morgan fingerprint density at radius 2 is 2.10 bits per heavy atom. The standard InChI is InChI=1S/C13H20N2O4S2/c1-9(6-7-20-3)15(2)21(18,19)12-5-4-10(14)8-11(12)13(16)17/h4-5,8-9H,6-7,14H2,1-3H3,(H,16,17). The molecule has 0 aromatic heterocycles. The third kappa shape index (κ3) is 4.12. The van der Waals surface area contributed by atoms with E-state index in [1.807, 2.05) is 6.26 Å². The molecule has 0 saturated heterocycles. The highest BCUT2D eigenvalue weighted by Gasteiger charge is 2.29. The van der Waals surface area contributed by atoms with Crippen LogP contribution >= 0.6 is 11.8 Å². The number of sulfonamides is 1. The monoisotopic (exact) mass is 332 g/mol. The predicted molar refractivity (Wildman–Crippen MR) is 85.2 cm³/mol. The van der Waals surface area contributed by atoms with Crippen LogP contribution in [0.25, 0.3) is 0 Å². The molecule has 0 saturated carbocycles. The molecule has 8 heteroatoms. The Morgan fingerprint density at radius 1 is 1.48 bits per heavy atom. The van der Waals surface area contributed by atoms with Gasteiger partial charge in [-0.25, -0.2) is 13.2 Å². The van der Waals surface area contributed by atoms with Gasteiger partial charge < -0.3 is 10.8 Å². The molecule has 0 spiro atoms. The average molecular weight is 332 g/mol. The molecule has 0 amide bonds. The molecule has 0 bridgehead atoms. The number of thioether (sulfide) groups is 1. The average Bonchev–Trinajstić information content (AvgIpc) is 2.43. The van der Waals surface area contributed by atoms with Crippen molar-refractivity contribution in [3.05, 3.63) is 23.8 Å². The summed E-state index contributed by atoms with van der Waals surface area (Å²) in [6.07, 6.45) is 2.64. The largest absolute Gasteiger partial charge is 0.478 e. The van der Waals surface area contributed by atoms with Crippen molar-refractivity contribution in [2.75, 3.05) is 24.8 Å². The molecule has 0 heterocycles. The highest BCUT2D eigenvalue weighted by Crippen LogP contribution is 2.24. The number of aromatic carboxylic acids is 1. The van der Waals surface area contributed by atoms with Gasteiger partial charge in [0.2, 0.25) is 10.0 Å². The van der Waals surface area contributed by atoms with E-state index in [-0.39, 0.29) is 22.2 Å². The van der Waals surface area contributed by atoms with Crippen LogP contribution in [-0.2, 0) is 10.0 Å². The van der Waals surface area contributed by atoms with E-state index in [1.54, 1.807) is 18.7 Å². The lowest BCUT2D eigenvalue weighted by molar-refractivity contribution is 0.0692. The van der Waals surface area contributed by atoms with Gasteiger partial charge in [0.15, 0.2) is 0 Å². The number of anilines is 1. The smallest absolute Gasteiger partial charge is 0.337 e. The van der Waals surface area contributed by atoms with Crippen LogP contribution in [0.4, 0.5) is 5.69 Å². The van der Waals surface area contributed by atoms with Crippen molar-refractivity contribution in [1.29, 1.82) is 0 Å². The van der Waals surface area contributed by atoms with Crippen molar-refractivity contribution < 1.29 is 18.3 Å². The Labute approximate surface area is 129 Å². The minimum Gasteiger partial charge on any atom is -0.478 e. The molecule has 0 radical (unpaired) electrons. The number of nitrogen functional groups attached to an aromatic ring is 1. The third-order valence-corrected chi connectivity index (χ3v) is 5.93. The van der Waals surface area contributed by atoms with E-state index in [9.17, 15) is 18.3 Å². The third-order valence-electron chi connectivity index (χ3n) is 3.25.